The molecule has 0 atom stereocenters. The predicted octanol–water partition coefficient (Wildman–Crippen LogP) is 2.30. The first-order valence-electron chi connectivity index (χ1n) is 7.25. The van der Waals surface area contributed by atoms with Gasteiger partial charge in [-0.05, 0) is 37.7 Å². The van der Waals surface area contributed by atoms with Crippen molar-refractivity contribution in [2.45, 2.75) is 56.4 Å². The van der Waals surface area contributed by atoms with Gasteiger partial charge in [-0.3, -0.25) is 0 Å². The van der Waals surface area contributed by atoms with Crippen LogP contribution in [0.1, 0.15) is 45.4 Å². The van der Waals surface area contributed by atoms with E-state index >= 15 is 0 Å². The first-order valence-corrected chi connectivity index (χ1v) is 8.73. The highest BCUT2D eigenvalue weighted by molar-refractivity contribution is 7.89. The van der Waals surface area contributed by atoms with E-state index in [1.165, 1.54) is 31.2 Å². The van der Waals surface area contributed by atoms with Crippen LogP contribution in [0.5, 0.6) is 0 Å². The number of nitrogen functional groups attached to an aromatic ring is 1. The maximum Gasteiger partial charge on any atom is 0.241 e. The van der Waals surface area contributed by atoms with Crippen molar-refractivity contribution >= 4 is 15.8 Å². The van der Waals surface area contributed by atoms with Gasteiger partial charge in [-0.2, -0.15) is 0 Å². The molecule has 1 aliphatic rings. The van der Waals surface area contributed by atoms with Crippen molar-refractivity contribution in [2.24, 2.45) is 5.92 Å². The van der Waals surface area contributed by atoms with Crippen molar-refractivity contribution in [2.75, 3.05) is 5.73 Å². The van der Waals surface area contributed by atoms with Crippen molar-refractivity contribution in [3.8, 4) is 0 Å². The van der Waals surface area contributed by atoms with Gasteiger partial charge in [-0.15, -0.1) is 0 Å². The van der Waals surface area contributed by atoms with Crippen LogP contribution in [0.3, 0.4) is 0 Å². The lowest BCUT2D eigenvalue weighted by atomic mass is 9.84. The second kappa shape index (κ2) is 6.54. The molecule has 6 heteroatoms. The Labute approximate surface area is 121 Å². The predicted molar refractivity (Wildman–Crippen MR) is 79.6 cm³/mol. The summed E-state index contributed by atoms with van der Waals surface area (Å²) >= 11 is 0. The molecule has 5 nitrogen and oxygen atoms in total. The zero-order chi connectivity index (χ0) is 14.6. The van der Waals surface area contributed by atoms with E-state index in [4.69, 9.17) is 5.73 Å². The number of anilines is 1. The molecule has 0 unspecified atom stereocenters. The largest absolute Gasteiger partial charge is 0.384 e. The normalized spacial score (nSPS) is 23.6. The monoisotopic (exact) mass is 297 g/mol. The lowest BCUT2D eigenvalue weighted by molar-refractivity contribution is 0.297. The average Bonchev–Trinajstić information content (AvgIpc) is 2.41. The molecule has 1 aromatic heterocycles. The molecule has 0 saturated heterocycles. The van der Waals surface area contributed by atoms with Crippen LogP contribution >= 0.6 is 0 Å². The number of nitrogens with one attached hydrogen (secondary N) is 1. The highest BCUT2D eigenvalue weighted by Gasteiger charge is 2.25. The number of hydrogen-bond donors (Lipinski definition) is 2. The van der Waals surface area contributed by atoms with Crippen LogP contribution in [-0.4, -0.2) is 19.4 Å². The third-order valence-corrected chi connectivity index (χ3v) is 5.45. The first-order chi connectivity index (χ1) is 9.51. The quantitative estimate of drug-likeness (QED) is 0.873. The number of hydrogen-bond acceptors (Lipinski definition) is 4. The number of nitrogens with zero attached hydrogens (tertiary/aromatic N) is 1. The van der Waals surface area contributed by atoms with Crippen LogP contribution in [-0.2, 0) is 10.0 Å². The molecular formula is C14H23N3O2S. The molecule has 0 radical (unpaired) electrons. The standard InChI is InChI=1S/C14H23N3O2S/c1-2-3-11-4-6-12(7-5-11)17-20(18,19)13-8-9-16-14(15)10-13/h8-12,17H,2-7H2,1H3,(H2,15,16). The molecule has 3 N–H and O–H groups in total. The van der Waals surface area contributed by atoms with E-state index in [1.54, 1.807) is 0 Å². The van der Waals surface area contributed by atoms with Crippen molar-refractivity contribution in [3.05, 3.63) is 18.3 Å². The SMILES string of the molecule is CCCC1CCC(NS(=O)(=O)c2ccnc(N)c2)CC1. The second-order valence-corrected chi connectivity index (χ2v) is 7.26. The summed E-state index contributed by atoms with van der Waals surface area (Å²) in [7, 11) is -3.48. The van der Waals surface area contributed by atoms with E-state index in [9.17, 15) is 8.42 Å². The summed E-state index contributed by atoms with van der Waals surface area (Å²) in [4.78, 5) is 4.01. The Morgan fingerprint density at radius 2 is 2.05 bits per heavy atom. The molecule has 20 heavy (non-hydrogen) atoms. The van der Waals surface area contributed by atoms with Crippen LogP contribution < -0.4 is 10.5 Å². The van der Waals surface area contributed by atoms with E-state index in [0.717, 1.165) is 31.6 Å². The van der Waals surface area contributed by atoms with E-state index in [0.29, 0.717) is 0 Å². The number of sulfonamides is 1. The average molecular weight is 297 g/mol. The molecule has 1 aliphatic carbocycles. The lowest BCUT2D eigenvalue weighted by Crippen LogP contribution is -2.37. The fraction of sp³-hybridized carbons (Fsp3) is 0.643. The molecule has 1 aromatic rings. The summed E-state index contributed by atoms with van der Waals surface area (Å²) in [6.45, 7) is 2.20. The van der Waals surface area contributed by atoms with Crippen LogP contribution in [0, 0.1) is 5.92 Å². The summed E-state index contributed by atoms with van der Waals surface area (Å²) in [6.07, 6.45) is 7.94. The summed E-state index contributed by atoms with van der Waals surface area (Å²) < 4.78 is 27.3. The molecule has 0 aromatic carbocycles. The van der Waals surface area contributed by atoms with Crippen molar-refractivity contribution in [3.63, 3.8) is 0 Å². The highest BCUT2D eigenvalue weighted by atomic mass is 32.2. The topological polar surface area (TPSA) is 85.1 Å². The third-order valence-electron chi connectivity index (χ3n) is 3.93. The molecule has 1 saturated carbocycles. The van der Waals surface area contributed by atoms with Crippen LogP contribution in [0.2, 0.25) is 0 Å². The summed E-state index contributed by atoms with van der Waals surface area (Å²) in [5.74, 6) is 0.983. The number of aromatic nitrogens is 1. The van der Waals surface area contributed by atoms with Crippen molar-refractivity contribution in [1.82, 2.24) is 9.71 Å². The fourth-order valence-corrected chi connectivity index (χ4v) is 4.19. The molecule has 1 fully saturated rings. The van der Waals surface area contributed by atoms with Crippen molar-refractivity contribution < 1.29 is 8.42 Å². The van der Waals surface area contributed by atoms with Crippen LogP contribution in [0.25, 0.3) is 0 Å². The van der Waals surface area contributed by atoms with Gasteiger partial charge in [0, 0.05) is 18.3 Å². The highest BCUT2D eigenvalue weighted by Crippen LogP contribution is 2.28. The maximum absolute atomic E-state index is 12.3. The van der Waals surface area contributed by atoms with Gasteiger partial charge in [-0.25, -0.2) is 18.1 Å². The van der Waals surface area contributed by atoms with E-state index in [1.807, 2.05) is 0 Å². The van der Waals surface area contributed by atoms with E-state index in [-0.39, 0.29) is 16.8 Å². The number of pyridine rings is 1. The Hall–Kier alpha value is -1.14. The molecular weight excluding hydrogens is 274 g/mol. The molecule has 1 heterocycles. The Morgan fingerprint density at radius 1 is 1.35 bits per heavy atom. The molecule has 112 valence electrons. The molecule has 0 bridgehead atoms. The first kappa shape index (κ1) is 15.3. The van der Waals surface area contributed by atoms with Gasteiger partial charge in [-0.1, -0.05) is 19.8 Å². The number of rotatable bonds is 5. The van der Waals surface area contributed by atoms with Gasteiger partial charge < -0.3 is 5.73 Å². The van der Waals surface area contributed by atoms with Gasteiger partial charge in [0.2, 0.25) is 10.0 Å². The van der Waals surface area contributed by atoms with Gasteiger partial charge in [0.1, 0.15) is 5.82 Å². The minimum Gasteiger partial charge on any atom is -0.384 e. The van der Waals surface area contributed by atoms with Gasteiger partial charge >= 0.3 is 0 Å². The molecule has 2 rings (SSSR count). The minimum absolute atomic E-state index is 0.0440. The van der Waals surface area contributed by atoms with Gasteiger partial charge in [0.05, 0.1) is 4.90 Å². The molecule has 0 amide bonds. The Morgan fingerprint density at radius 3 is 2.65 bits per heavy atom. The van der Waals surface area contributed by atoms with Crippen LogP contribution in [0.15, 0.2) is 23.2 Å². The summed E-state index contributed by atoms with van der Waals surface area (Å²) in [5.41, 5.74) is 5.54. The summed E-state index contributed by atoms with van der Waals surface area (Å²) in [6, 6.07) is 2.91. The maximum atomic E-state index is 12.3. The van der Waals surface area contributed by atoms with Crippen molar-refractivity contribution in [1.29, 1.82) is 0 Å². The second-order valence-electron chi connectivity index (χ2n) is 5.54. The van der Waals surface area contributed by atoms with E-state index in [2.05, 4.69) is 16.6 Å². The third kappa shape index (κ3) is 3.93. The smallest absolute Gasteiger partial charge is 0.241 e. The molecule has 0 spiro atoms. The lowest BCUT2D eigenvalue weighted by Gasteiger charge is -2.28. The van der Waals surface area contributed by atoms with Gasteiger partial charge in [0.15, 0.2) is 0 Å². The Bertz CT molecular complexity index is 537. The van der Waals surface area contributed by atoms with E-state index < -0.39 is 10.0 Å². The van der Waals surface area contributed by atoms with Gasteiger partial charge in [0.25, 0.3) is 0 Å². The van der Waals surface area contributed by atoms with Crippen LogP contribution in [0.4, 0.5) is 5.82 Å². The minimum atomic E-state index is -3.48. The fourth-order valence-electron chi connectivity index (χ4n) is 2.86. The summed E-state index contributed by atoms with van der Waals surface area (Å²) in [5, 5.41) is 0. The molecule has 0 aliphatic heterocycles. The Kier molecular flexibility index (Phi) is 4.99. The zero-order valence-corrected chi connectivity index (χ0v) is 12.7. The Balaban J connectivity index is 1.96. The number of nitrogens with two attached hydrogens (primary N) is 1. The zero-order valence-electron chi connectivity index (χ0n) is 11.9.